The van der Waals surface area contributed by atoms with Crippen molar-refractivity contribution in [3.05, 3.63) is 53.6 Å². The molecule has 7 heteroatoms. The van der Waals surface area contributed by atoms with Gasteiger partial charge in [-0.3, -0.25) is 9.59 Å². The number of anilines is 2. The van der Waals surface area contributed by atoms with Gasteiger partial charge in [0, 0.05) is 47.5 Å². The Labute approximate surface area is 162 Å². The number of piperazine rings is 1. The van der Waals surface area contributed by atoms with Gasteiger partial charge in [0.2, 0.25) is 0 Å². The van der Waals surface area contributed by atoms with Gasteiger partial charge in [-0.2, -0.15) is 0 Å². The van der Waals surface area contributed by atoms with Gasteiger partial charge >= 0.3 is 11.8 Å². The van der Waals surface area contributed by atoms with Crippen LogP contribution in [0.25, 0.3) is 0 Å². The number of nitrogens with zero attached hydrogens (tertiary/aromatic N) is 2. The van der Waals surface area contributed by atoms with Crippen molar-refractivity contribution in [1.82, 2.24) is 4.90 Å². The molecular weight excluding hydrogens is 370 g/mol. The first-order valence-electron chi connectivity index (χ1n) is 8.31. The molecular formula is C19H20ClN3O2S. The van der Waals surface area contributed by atoms with Gasteiger partial charge in [-0.1, -0.05) is 23.7 Å². The molecule has 0 aromatic heterocycles. The quantitative estimate of drug-likeness (QED) is 0.646. The van der Waals surface area contributed by atoms with Crippen LogP contribution in [0.3, 0.4) is 0 Å². The zero-order valence-corrected chi connectivity index (χ0v) is 16.0. The Morgan fingerprint density at radius 1 is 1.04 bits per heavy atom. The second kappa shape index (κ2) is 8.47. The van der Waals surface area contributed by atoms with E-state index < -0.39 is 11.8 Å². The molecule has 2 aromatic rings. The molecule has 136 valence electrons. The number of benzene rings is 2. The van der Waals surface area contributed by atoms with Crippen molar-refractivity contribution in [2.75, 3.05) is 42.7 Å². The highest BCUT2D eigenvalue weighted by Gasteiger charge is 2.26. The Balaban J connectivity index is 1.56. The summed E-state index contributed by atoms with van der Waals surface area (Å²) in [4.78, 5) is 29.5. The normalized spacial score (nSPS) is 14.2. The molecule has 1 N–H and O–H groups in total. The molecule has 0 atom stereocenters. The van der Waals surface area contributed by atoms with E-state index in [9.17, 15) is 9.59 Å². The summed E-state index contributed by atoms with van der Waals surface area (Å²) in [5.74, 6) is -1.09. The van der Waals surface area contributed by atoms with E-state index in [1.165, 1.54) is 0 Å². The minimum atomic E-state index is -0.598. The smallest absolute Gasteiger partial charge is 0.313 e. The lowest BCUT2D eigenvalue weighted by Gasteiger charge is -2.35. The van der Waals surface area contributed by atoms with E-state index in [1.807, 2.05) is 48.7 Å². The van der Waals surface area contributed by atoms with Gasteiger partial charge in [0.05, 0.1) is 0 Å². The summed E-state index contributed by atoms with van der Waals surface area (Å²) in [6, 6.07) is 15.1. The molecule has 2 aromatic carbocycles. The molecule has 1 aliphatic rings. The topological polar surface area (TPSA) is 52.7 Å². The van der Waals surface area contributed by atoms with Gasteiger partial charge in [-0.15, -0.1) is 11.8 Å². The Morgan fingerprint density at radius 3 is 2.46 bits per heavy atom. The predicted molar refractivity (Wildman–Crippen MR) is 107 cm³/mol. The van der Waals surface area contributed by atoms with Crippen molar-refractivity contribution in [2.45, 2.75) is 4.90 Å². The zero-order chi connectivity index (χ0) is 18.5. The second-order valence-corrected chi connectivity index (χ2v) is 7.26. The molecule has 3 rings (SSSR count). The van der Waals surface area contributed by atoms with Gasteiger partial charge in [0.25, 0.3) is 0 Å². The van der Waals surface area contributed by atoms with Gasteiger partial charge in [-0.25, -0.2) is 0 Å². The molecule has 0 radical (unpaired) electrons. The summed E-state index contributed by atoms with van der Waals surface area (Å²) in [5.41, 5.74) is 1.66. The SMILES string of the molecule is CSc1cccc(NC(=O)C(=O)N2CCN(c3cccc(Cl)c3)CC2)c1. The first-order valence-corrected chi connectivity index (χ1v) is 9.92. The van der Waals surface area contributed by atoms with Crippen LogP contribution in [0.15, 0.2) is 53.4 Å². The van der Waals surface area contributed by atoms with E-state index in [4.69, 9.17) is 11.6 Å². The van der Waals surface area contributed by atoms with E-state index >= 15 is 0 Å². The van der Waals surface area contributed by atoms with E-state index in [0.717, 1.165) is 10.6 Å². The molecule has 1 aliphatic heterocycles. The standard InChI is InChI=1S/C19H20ClN3O2S/c1-26-17-7-3-5-15(13-17)21-18(24)19(25)23-10-8-22(9-11-23)16-6-2-4-14(20)12-16/h2-7,12-13H,8-11H2,1H3,(H,21,24). The fourth-order valence-electron chi connectivity index (χ4n) is 2.87. The van der Waals surface area contributed by atoms with Crippen LogP contribution in [0.1, 0.15) is 0 Å². The van der Waals surface area contributed by atoms with Crippen LogP contribution in [0.4, 0.5) is 11.4 Å². The maximum absolute atomic E-state index is 12.4. The van der Waals surface area contributed by atoms with Gasteiger partial charge < -0.3 is 15.1 Å². The summed E-state index contributed by atoms with van der Waals surface area (Å²) >= 11 is 7.62. The van der Waals surface area contributed by atoms with Crippen molar-refractivity contribution < 1.29 is 9.59 Å². The van der Waals surface area contributed by atoms with Crippen molar-refractivity contribution in [3.63, 3.8) is 0 Å². The number of halogens is 1. The minimum absolute atomic E-state index is 0.495. The number of hydrogen-bond donors (Lipinski definition) is 1. The third kappa shape index (κ3) is 4.51. The van der Waals surface area contributed by atoms with E-state index in [1.54, 1.807) is 22.7 Å². The number of carbonyl (C=O) groups is 2. The number of rotatable bonds is 3. The third-order valence-corrected chi connectivity index (χ3v) is 5.22. The number of carbonyl (C=O) groups excluding carboxylic acids is 2. The van der Waals surface area contributed by atoms with Crippen LogP contribution in [-0.4, -0.2) is 49.1 Å². The van der Waals surface area contributed by atoms with Crippen LogP contribution < -0.4 is 10.2 Å². The fraction of sp³-hybridized carbons (Fsp3) is 0.263. The predicted octanol–water partition coefficient (Wildman–Crippen LogP) is 3.35. The first-order chi connectivity index (χ1) is 12.6. The largest absolute Gasteiger partial charge is 0.368 e. The minimum Gasteiger partial charge on any atom is -0.368 e. The highest BCUT2D eigenvalue weighted by molar-refractivity contribution is 7.98. The van der Waals surface area contributed by atoms with E-state index in [2.05, 4.69) is 10.2 Å². The molecule has 1 saturated heterocycles. The lowest BCUT2D eigenvalue weighted by Crippen LogP contribution is -2.51. The lowest BCUT2D eigenvalue weighted by atomic mass is 10.2. The highest BCUT2D eigenvalue weighted by Crippen LogP contribution is 2.21. The Bertz CT molecular complexity index is 807. The summed E-state index contributed by atoms with van der Waals surface area (Å²) in [7, 11) is 0. The number of amides is 2. The average molecular weight is 390 g/mol. The van der Waals surface area contributed by atoms with Crippen molar-refractivity contribution >= 4 is 46.6 Å². The molecule has 2 amide bonds. The van der Waals surface area contributed by atoms with Crippen LogP contribution in [0.2, 0.25) is 5.02 Å². The van der Waals surface area contributed by atoms with E-state index in [-0.39, 0.29) is 0 Å². The molecule has 1 fully saturated rings. The Morgan fingerprint density at radius 2 is 1.77 bits per heavy atom. The van der Waals surface area contributed by atoms with Crippen molar-refractivity contribution in [1.29, 1.82) is 0 Å². The number of thioether (sulfide) groups is 1. The molecule has 0 saturated carbocycles. The molecule has 0 aliphatic carbocycles. The average Bonchev–Trinajstić information content (AvgIpc) is 2.67. The molecule has 1 heterocycles. The Hall–Kier alpha value is -2.18. The maximum Gasteiger partial charge on any atom is 0.313 e. The van der Waals surface area contributed by atoms with Gasteiger partial charge in [-0.05, 0) is 42.7 Å². The van der Waals surface area contributed by atoms with Crippen LogP contribution >= 0.6 is 23.4 Å². The van der Waals surface area contributed by atoms with Crippen molar-refractivity contribution in [3.8, 4) is 0 Å². The summed E-state index contributed by atoms with van der Waals surface area (Å²) < 4.78 is 0. The van der Waals surface area contributed by atoms with Crippen LogP contribution in [-0.2, 0) is 9.59 Å². The molecule has 0 bridgehead atoms. The molecule has 0 spiro atoms. The summed E-state index contributed by atoms with van der Waals surface area (Å²) in [5, 5.41) is 3.38. The number of nitrogens with one attached hydrogen (secondary N) is 1. The fourth-order valence-corrected chi connectivity index (χ4v) is 3.51. The maximum atomic E-state index is 12.4. The van der Waals surface area contributed by atoms with E-state index in [0.29, 0.717) is 36.9 Å². The lowest BCUT2D eigenvalue weighted by molar-refractivity contribution is -0.143. The van der Waals surface area contributed by atoms with Crippen LogP contribution in [0, 0.1) is 0 Å². The molecule has 5 nitrogen and oxygen atoms in total. The van der Waals surface area contributed by atoms with Gasteiger partial charge in [0.15, 0.2) is 0 Å². The summed E-state index contributed by atoms with van der Waals surface area (Å²) in [6.07, 6.45) is 1.96. The second-order valence-electron chi connectivity index (χ2n) is 5.95. The third-order valence-electron chi connectivity index (χ3n) is 4.26. The van der Waals surface area contributed by atoms with Crippen LogP contribution in [0.5, 0.6) is 0 Å². The monoisotopic (exact) mass is 389 g/mol. The Kier molecular flexibility index (Phi) is 6.06. The highest BCUT2D eigenvalue weighted by atomic mass is 35.5. The van der Waals surface area contributed by atoms with Crippen molar-refractivity contribution in [2.24, 2.45) is 0 Å². The molecule has 0 unspecified atom stereocenters. The number of hydrogen-bond acceptors (Lipinski definition) is 4. The first kappa shape index (κ1) is 18.6. The summed E-state index contributed by atoms with van der Waals surface area (Å²) in [6.45, 7) is 2.34. The zero-order valence-electron chi connectivity index (χ0n) is 14.4. The van der Waals surface area contributed by atoms with Gasteiger partial charge in [0.1, 0.15) is 0 Å². The molecule has 26 heavy (non-hydrogen) atoms.